The molecule has 1 aromatic rings. The van der Waals surface area contributed by atoms with Crippen LogP contribution in [0.5, 0.6) is 0 Å². The molecule has 0 heterocycles. The molecule has 1 rings (SSSR count). The quantitative estimate of drug-likeness (QED) is 0.668. The Morgan fingerprint density at radius 2 is 1.85 bits per heavy atom. The van der Waals surface area contributed by atoms with E-state index >= 15 is 0 Å². The van der Waals surface area contributed by atoms with Gasteiger partial charge >= 0.3 is 0 Å². The SMILES string of the molecule is FC(Cl)(Cl)C/C=C/c1ccccc1. The van der Waals surface area contributed by atoms with Gasteiger partial charge in [0.2, 0.25) is 0 Å². The fourth-order valence-corrected chi connectivity index (χ4v) is 1.07. The van der Waals surface area contributed by atoms with Crippen LogP contribution in [-0.2, 0) is 0 Å². The van der Waals surface area contributed by atoms with Gasteiger partial charge in [0.25, 0.3) is 4.59 Å². The first-order valence-electron chi connectivity index (χ1n) is 3.86. The second kappa shape index (κ2) is 4.64. The van der Waals surface area contributed by atoms with Crippen LogP contribution >= 0.6 is 23.2 Å². The fraction of sp³-hybridized carbons (Fsp3) is 0.200. The molecule has 0 saturated heterocycles. The van der Waals surface area contributed by atoms with Crippen molar-refractivity contribution in [1.29, 1.82) is 0 Å². The number of allylic oxidation sites excluding steroid dienone is 1. The zero-order chi connectivity index (χ0) is 9.73. The molecule has 0 unspecified atom stereocenters. The van der Waals surface area contributed by atoms with E-state index in [1.807, 2.05) is 30.3 Å². The van der Waals surface area contributed by atoms with Crippen LogP contribution in [0.3, 0.4) is 0 Å². The van der Waals surface area contributed by atoms with Crippen LogP contribution in [-0.4, -0.2) is 4.59 Å². The molecule has 0 aliphatic heterocycles. The van der Waals surface area contributed by atoms with Gasteiger partial charge in [0.05, 0.1) is 0 Å². The lowest BCUT2D eigenvalue weighted by molar-refractivity contribution is 0.397. The Labute approximate surface area is 87.0 Å². The first-order chi connectivity index (χ1) is 6.08. The third-order valence-corrected chi connectivity index (χ3v) is 1.77. The first kappa shape index (κ1) is 10.6. The number of hydrogen-bond donors (Lipinski definition) is 0. The predicted molar refractivity (Wildman–Crippen MR) is 55.6 cm³/mol. The molecule has 0 nitrogen and oxygen atoms in total. The molecule has 0 radical (unpaired) electrons. The maximum atomic E-state index is 12.6. The third kappa shape index (κ3) is 4.91. The van der Waals surface area contributed by atoms with Crippen molar-refractivity contribution in [1.82, 2.24) is 0 Å². The Balaban J connectivity index is 2.51. The summed E-state index contributed by atoms with van der Waals surface area (Å²) in [6.07, 6.45) is 3.37. The van der Waals surface area contributed by atoms with Crippen molar-refractivity contribution in [3.8, 4) is 0 Å². The molecule has 0 aliphatic carbocycles. The molecule has 70 valence electrons. The topological polar surface area (TPSA) is 0 Å². The van der Waals surface area contributed by atoms with Gasteiger partial charge in [0.1, 0.15) is 0 Å². The Morgan fingerprint density at radius 3 is 2.38 bits per heavy atom. The van der Waals surface area contributed by atoms with Crippen molar-refractivity contribution >= 4 is 29.3 Å². The molecule has 13 heavy (non-hydrogen) atoms. The van der Waals surface area contributed by atoms with Gasteiger partial charge in [-0.3, -0.25) is 0 Å². The van der Waals surface area contributed by atoms with Gasteiger partial charge in [-0.25, -0.2) is 4.39 Å². The minimum atomic E-state index is -2.16. The molecule has 0 spiro atoms. The van der Waals surface area contributed by atoms with Crippen LogP contribution in [0.2, 0.25) is 0 Å². The van der Waals surface area contributed by atoms with Crippen LogP contribution in [0, 0.1) is 0 Å². The Hall–Kier alpha value is -0.530. The third-order valence-electron chi connectivity index (χ3n) is 1.46. The molecule has 0 amide bonds. The monoisotopic (exact) mass is 218 g/mol. The average molecular weight is 219 g/mol. The Bertz CT molecular complexity index is 275. The van der Waals surface area contributed by atoms with Gasteiger partial charge < -0.3 is 0 Å². The van der Waals surface area contributed by atoms with Crippen molar-refractivity contribution < 1.29 is 4.39 Å². The summed E-state index contributed by atoms with van der Waals surface area (Å²) in [5.41, 5.74) is 1.00. The number of hydrogen-bond acceptors (Lipinski definition) is 0. The van der Waals surface area contributed by atoms with Crippen molar-refractivity contribution in [2.45, 2.75) is 11.0 Å². The Morgan fingerprint density at radius 1 is 1.23 bits per heavy atom. The largest absolute Gasteiger partial charge is 0.260 e. The normalized spacial score (nSPS) is 12.2. The molecule has 0 N–H and O–H groups in total. The second-order valence-electron chi connectivity index (χ2n) is 2.63. The zero-order valence-electron chi connectivity index (χ0n) is 6.88. The molecule has 0 aliphatic rings. The highest BCUT2D eigenvalue weighted by atomic mass is 35.5. The molecular weight excluding hydrogens is 210 g/mol. The lowest BCUT2D eigenvalue weighted by Gasteiger charge is -2.03. The summed E-state index contributed by atoms with van der Waals surface area (Å²) in [5, 5.41) is 0. The van der Waals surface area contributed by atoms with Gasteiger partial charge in [0, 0.05) is 6.42 Å². The number of halogens is 3. The standard InChI is InChI=1S/C10H9Cl2F/c11-10(12,13)8-4-7-9-5-2-1-3-6-9/h1-7H,8H2/b7-4+. The summed E-state index contributed by atoms with van der Waals surface area (Å²) in [4.78, 5) is 0. The van der Waals surface area contributed by atoms with Gasteiger partial charge in [0.15, 0.2) is 0 Å². The minimum absolute atomic E-state index is 0.00892. The van der Waals surface area contributed by atoms with Crippen molar-refractivity contribution in [3.63, 3.8) is 0 Å². The van der Waals surface area contributed by atoms with Gasteiger partial charge in [-0.05, 0) is 5.56 Å². The zero-order valence-corrected chi connectivity index (χ0v) is 8.39. The maximum absolute atomic E-state index is 12.6. The number of rotatable bonds is 3. The number of benzene rings is 1. The summed E-state index contributed by atoms with van der Waals surface area (Å²) in [6.45, 7) is 0. The predicted octanol–water partition coefficient (Wildman–Crippen LogP) is 4.19. The van der Waals surface area contributed by atoms with E-state index in [4.69, 9.17) is 23.2 Å². The highest BCUT2D eigenvalue weighted by molar-refractivity contribution is 6.47. The minimum Gasteiger partial charge on any atom is -0.208 e. The van der Waals surface area contributed by atoms with E-state index in [9.17, 15) is 4.39 Å². The van der Waals surface area contributed by atoms with E-state index < -0.39 is 4.59 Å². The van der Waals surface area contributed by atoms with E-state index in [-0.39, 0.29) is 6.42 Å². The van der Waals surface area contributed by atoms with Crippen LogP contribution in [0.4, 0.5) is 4.39 Å². The van der Waals surface area contributed by atoms with Crippen molar-refractivity contribution in [3.05, 3.63) is 42.0 Å². The van der Waals surface area contributed by atoms with E-state index in [1.54, 1.807) is 12.2 Å². The first-order valence-corrected chi connectivity index (χ1v) is 4.62. The summed E-state index contributed by atoms with van der Waals surface area (Å²) < 4.78 is 10.4. The Kier molecular flexibility index (Phi) is 3.76. The van der Waals surface area contributed by atoms with Crippen LogP contribution in [0.1, 0.15) is 12.0 Å². The van der Waals surface area contributed by atoms with Crippen molar-refractivity contribution in [2.75, 3.05) is 0 Å². The second-order valence-corrected chi connectivity index (χ2v) is 4.02. The van der Waals surface area contributed by atoms with E-state index in [0.717, 1.165) is 5.56 Å². The van der Waals surface area contributed by atoms with Crippen LogP contribution < -0.4 is 0 Å². The highest BCUT2D eigenvalue weighted by Crippen LogP contribution is 2.27. The number of alkyl halides is 3. The lowest BCUT2D eigenvalue weighted by atomic mass is 10.2. The molecule has 1 aromatic carbocycles. The summed E-state index contributed by atoms with van der Waals surface area (Å²) >= 11 is 10.3. The summed E-state index contributed by atoms with van der Waals surface area (Å²) in [6, 6.07) is 9.56. The van der Waals surface area contributed by atoms with E-state index in [2.05, 4.69) is 0 Å². The van der Waals surface area contributed by atoms with Crippen molar-refractivity contribution in [2.24, 2.45) is 0 Å². The highest BCUT2D eigenvalue weighted by Gasteiger charge is 2.18. The smallest absolute Gasteiger partial charge is 0.208 e. The lowest BCUT2D eigenvalue weighted by Crippen LogP contribution is -1.99. The average Bonchev–Trinajstić information content (AvgIpc) is 2.04. The molecular formula is C10H9Cl2F. The van der Waals surface area contributed by atoms with Gasteiger partial charge in [-0.15, -0.1) is 0 Å². The molecule has 0 atom stereocenters. The van der Waals surface area contributed by atoms with Crippen LogP contribution in [0.15, 0.2) is 36.4 Å². The fourth-order valence-electron chi connectivity index (χ4n) is 0.893. The molecule has 3 heteroatoms. The van der Waals surface area contributed by atoms with Gasteiger partial charge in [-0.1, -0.05) is 65.7 Å². The molecule has 0 fully saturated rings. The molecule has 0 bridgehead atoms. The summed E-state index contributed by atoms with van der Waals surface area (Å²) in [5.74, 6) is 0. The van der Waals surface area contributed by atoms with E-state index in [0.29, 0.717) is 0 Å². The van der Waals surface area contributed by atoms with E-state index in [1.165, 1.54) is 0 Å². The van der Waals surface area contributed by atoms with Crippen LogP contribution in [0.25, 0.3) is 6.08 Å². The summed E-state index contributed by atoms with van der Waals surface area (Å²) in [7, 11) is 0. The maximum Gasteiger partial charge on any atom is 0.260 e. The molecule has 0 aromatic heterocycles. The van der Waals surface area contributed by atoms with Gasteiger partial charge in [-0.2, -0.15) is 0 Å². The molecule has 0 saturated carbocycles.